The lowest BCUT2D eigenvalue weighted by Gasteiger charge is -2.21. The Morgan fingerprint density at radius 1 is 1.33 bits per heavy atom. The number of hydrogen-bond donors (Lipinski definition) is 0. The number of halogens is 3. The van der Waals surface area contributed by atoms with Gasteiger partial charge in [0.1, 0.15) is 6.54 Å². The summed E-state index contributed by atoms with van der Waals surface area (Å²) in [6, 6.07) is 2.19. The number of ether oxygens (including phenoxy) is 1. The van der Waals surface area contributed by atoms with Crippen LogP contribution < -0.4 is 9.64 Å². The van der Waals surface area contributed by atoms with Gasteiger partial charge in [0.2, 0.25) is 5.91 Å². The van der Waals surface area contributed by atoms with Gasteiger partial charge in [-0.15, -0.1) is 0 Å². The number of rotatable bonds is 2. The van der Waals surface area contributed by atoms with Crippen molar-refractivity contribution in [3.05, 3.63) is 27.8 Å². The molecule has 1 aliphatic heterocycles. The first-order valence-electron chi connectivity index (χ1n) is 6.54. The summed E-state index contributed by atoms with van der Waals surface area (Å²) in [5, 5.41) is 11.1. The van der Waals surface area contributed by atoms with Gasteiger partial charge in [-0.05, 0) is 11.6 Å². The van der Waals surface area contributed by atoms with Crippen molar-refractivity contribution in [2.45, 2.75) is 12.7 Å². The van der Waals surface area contributed by atoms with Gasteiger partial charge in [0.25, 0.3) is 0 Å². The van der Waals surface area contributed by atoms with E-state index in [1.165, 1.54) is 14.2 Å². The van der Waals surface area contributed by atoms with Crippen LogP contribution in [0.2, 0.25) is 0 Å². The number of likely N-dealkylation sites (N-methyl/N-ethyl adjacent to an activating group) is 1. The van der Waals surface area contributed by atoms with Crippen molar-refractivity contribution in [1.82, 2.24) is 4.90 Å². The van der Waals surface area contributed by atoms with E-state index in [0.717, 1.165) is 17.0 Å². The molecule has 0 radical (unpaired) electrons. The predicted octanol–water partition coefficient (Wildman–Crippen LogP) is 1.47. The Morgan fingerprint density at radius 2 is 1.96 bits per heavy atom. The third-order valence-corrected chi connectivity index (χ3v) is 3.53. The maximum Gasteiger partial charge on any atom is 0.471 e. The van der Waals surface area contributed by atoms with Crippen LogP contribution in [-0.2, 0) is 16.1 Å². The fourth-order valence-electron chi connectivity index (χ4n) is 2.33. The van der Waals surface area contributed by atoms with E-state index in [-0.39, 0.29) is 17.0 Å². The molecule has 0 atom stereocenters. The first kappa shape index (κ1) is 17.5. The number of carbonyl (C=O) groups is 2. The van der Waals surface area contributed by atoms with E-state index >= 15 is 0 Å². The zero-order valence-electron chi connectivity index (χ0n) is 12.6. The molecule has 1 heterocycles. The standard InChI is InChI=1S/C13H12F3N3O5/c1-17-8-4-9(19(22)23)10(24-2)3-7(8)5-18(6-11(17)20)12(21)13(14,15)16/h3-4H,5-6H2,1-2H3. The number of nitro benzene ring substituents is 1. The van der Waals surface area contributed by atoms with Crippen molar-refractivity contribution in [2.24, 2.45) is 0 Å². The number of hydrogen-bond acceptors (Lipinski definition) is 5. The van der Waals surface area contributed by atoms with E-state index < -0.39 is 41.7 Å². The molecule has 0 saturated heterocycles. The highest BCUT2D eigenvalue weighted by molar-refractivity contribution is 5.99. The van der Waals surface area contributed by atoms with Crippen molar-refractivity contribution < 1.29 is 32.4 Å². The third-order valence-electron chi connectivity index (χ3n) is 3.53. The van der Waals surface area contributed by atoms with Gasteiger partial charge in [0, 0.05) is 19.7 Å². The fourth-order valence-corrected chi connectivity index (χ4v) is 2.33. The summed E-state index contributed by atoms with van der Waals surface area (Å²) in [6.45, 7) is -1.32. The molecule has 0 saturated carbocycles. The lowest BCUT2D eigenvalue weighted by atomic mass is 10.1. The molecule has 0 N–H and O–H groups in total. The minimum atomic E-state index is -5.13. The zero-order valence-corrected chi connectivity index (χ0v) is 12.6. The maximum absolute atomic E-state index is 12.7. The molecule has 1 aromatic rings. The number of amides is 2. The number of fused-ring (bicyclic) bond motifs is 1. The molecular weight excluding hydrogens is 335 g/mol. The second kappa shape index (κ2) is 5.98. The number of carbonyl (C=O) groups excluding carboxylic acids is 2. The first-order chi connectivity index (χ1) is 11.1. The Hall–Kier alpha value is -2.85. The number of methoxy groups -OCH3 is 1. The summed E-state index contributed by atoms with van der Waals surface area (Å²) in [5.41, 5.74) is -0.264. The van der Waals surface area contributed by atoms with E-state index in [1.54, 1.807) is 0 Å². The molecule has 0 bridgehead atoms. The van der Waals surface area contributed by atoms with Crippen LogP contribution in [0.1, 0.15) is 5.56 Å². The smallest absolute Gasteiger partial charge is 0.471 e. The summed E-state index contributed by atoms with van der Waals surface area (Å²) in [6.07, 6.45) is -5.13. The van der Waals surface area contributed by atoms with Gasteiger partial charge < -0.3 is 14.5 Å². The highest BCUT2D eigenvalue weighted by Crippen LogP contribution is 2.37. The van der Waals surface area contributed by atoms with Gasteiger partial charge in [0.05, 0.1) is 17.7 Å². The molecule has 1 aliphatic rings. The number of nitrogens with zero attached hydrogens (tertiary/aromatic N) is 3. The number of nitro groups is 1. The van der Waals surface area contributed by atoms with Crippen LogP contribution in [0.25, 0.3) is 0 Å². The lowest BCUT2D eigenvalue weighted by molar-refractivity contribution is -0.385. The SMILES string of the molecule is COc1cc2c(cc1[N+](=O)[O-])N(C)C(=O)CN(C(=O)C(F)(F)F)C2. The Morgan fingerprint density at radius 3 is 2.46 bits per heavy atom. The Labute approximate surface area is 133 Å². The third kappa shape index (κ3) is 3.09. The molecule has 0 aliphatic carbocycles. The molecule has 1 aromatic carbocycles. The quantitative estimate of drug-likeness (QED) is 0.597. The van der Waals surface area contributed by atoms with Crippen LogP contribution >= 0.6 is 0 Å². The molecule has 11 heteroatoms. The Bertz CT molecular complexity index is 720. The largest absolute Gasteiger partial charge is 0.490 e. The molecule has 2 rings (SSSR count). The van der Waals surface area contributed by atoms with Crippen molar-refractivity contribution in [3.63, 3.8) is 0 Å². The highest BCUT2D eigenvalue weighted by atomic mass is 19.4. The molecule has 0 unspecified atom stereocenters. The minimum Gasteiger partial charge on any atom is -0.490 e. The topological polar surface area (TPSA) is 93.0 Å². The van der Waals surface area contributed by atoms with Crippen LogP contribution in [0.3, 0.4) is 0 Å². The van der Waals surface area contributed by atoms with Gasteiger partial charge in [-0.25, -0.2) is 0 Å². The average Bonchev–Trinajstić information content (AvgIpc) is 2.61. The minimum absolute atomic E-state index is 0.0463. The monoisotopic (exact) mass is 347 g/mol. The first-order valence-corrected chi connectivity index (χ1v) is 6.54. The number of benzene rings is 1. The Kier molecular flexibility index (Phi) is 4.36. The second-order valence-electron chi connectivity index (χ2n) is 5.02. The van der Waals surface area contributed by atoms with E-state index in [9.17, 15) is 32.9 Å². The molecule has 2 amide bonds. The predicted molar refractivity (Wildman–Crippen MR) is 74.5 cm³/mol. The normalized spacial score (nSPS) is 15.0. The number of anilines is 1. The summed E-state index contributed by atoms with van der Waals surface area (Å²) >= 11 is 0. The molecule has 0 fully saturated rings. The van der Waals surface area contributed by atoms with Gasteiger partial charge in [-0.2, -0.15) is 13.2 Å². The summed E-state index contributed by atoms with van der Waals surface area (Å²) in [5.74, 6) is -3.14. The molecular formula is C13H12F3N3O5. The van der Waals surface area contributed by atoms with Crippen LogP contribution in [0.5, 0.6) is 5.75 Å². The van der Waals surface area contributed by atoms with Crippen molar-refractivity contribution in [2.75, 3.05) is 25.6 Å². The van der Waals surface area contributed by atoms with Gasteiger partial charge in [-0.1, -0.05) is 0 Å². The zero-order chi connectivity index (χ0) is 18.2. The van der Waals surface area contributed by atoms with E-state index in [4.69, 9.17) is 4.74 Å². The van der Waals surface area contributed by atoms with E-state index in [1.807, 2.05) is 0 Å². The second-order valence-corrected chi connectivity index (χ2v) is 5.02. The summed E-state index contributed by atoms with van der Waals surface area (Å²) < 4.78 is 42.8. The van der Waals surface area contributed by atoms with Crippen molar-refractivity contribution in [3.8, 4) is 5.75 Å². The Balaban J connectivity index is 2.56. The number of alkyl halides is 3. The lowest BCUT2D eigenvalue weighted by Crippen LogP contribution is -2.44. The molecule has 0 spiro atoms. The molecule has 24 heavy (non-hydrogen) atoms. The van der Waals surface area contributed by atoms with E-state index in [2.05, 4.69) is 0 Å². The summed E-state index contributed by atoms with van der Waals surface area (Å²) in [7, 11) is 2.43. The maximum atomic E-state index is 12.7. The van der Waals surface area contributed by atoms with Crippen LogP contribution in [0.15, 0.2) is 12.1 Å². The van der Waals surface area contributed by atoms with Gasteiger partial charge >= 0.3 is 17.8 Å². The van der Waals surface area contributed by atoms with Crippen molar-refractivity contribution in [1.29, 1.82) is 0 Å². The molecule has 130 valence electrons. The molecule has 0 aromatic heterocycles. The van der Waals surface area contributed by atoms with Gasteiger partial charge in [-0.3, -0.25) is 19.7 Å². The average molecular weight is 347 g/mol. The highest BCUT2D eigenvalue weighted by Gasteiger charge is 2.44. The van der Waals surface area contributed by atoms with Gasteiger partial charge in [0.15, 0.2) is 5.75 Å². The fraction of sp³-hybridized carbons (Fsp3) is 0.385. The van der Waals surface area contributed by atoms with Crippen molar-refractivity contribution >= 4 is 23.2 Å². The van der Waals surface area contributed by atoms with Crippen LogP contribution in [0, 0.1) is 10.1 Å². The van der Waals surface area contributed by atoms with Crippen LogP contribution in [0.4, 0.5) is 24.5 Å². The summed E-state index contributed by atoms with van der Waals surface area (Å²) in [4.78, 5) is 35.1. The van der Waals surface area contributed by atoms with E-state index in [0.29, 0.717) is 4.90 Å². The molecule has 8 nitrogen and oxygen atoms in total. The van der Waals surface area contributed by atoms with Crippen LogP contribution in [-0.4, -0.2) is 48.5 Å².